The number of carbonyl (C=O) groups excluding carboxylic acids is 3. The van der Waals surface area contributed by atoms with Gasteiger partial charge in [-0.25, -0.2) is 0 Å². The molecule has 9 nitrogen and oxygen atoms in total. The fourth-order valence-corrected chi connectivity index (χ4v) is 5.23. The summed E-state index contributed by atoms with van der Waals surface area (Å²) in [7, 11) is 1.88. The molecule has 3 aliphatic rings. The molecule has 0 atom stereocenters. The second kappa shape index (κ2) is 8.84. The third kappa shape index (κ3) is 4.40. The van der Waals surface area contributed by atoms with Crippen LogP contribution < -0.4 is 5.32 Å². The Morgan fingerprint density at radius 1 is 1.09 bits per heavy atom. The molecular weight excluding hydrogens is 410 g/mol. The minimum absolute atomic E-state index is 0.0117. The smallest absolute Gasteiger partial charge is 0.272 e. The van der Waals surface area contributed by atoms with Crippen LogP contribution in [0.15, 0.2) is 0 Å². The van der Waals surface area contributed by atoms with Crippen molar-refractivity contribution in [3.05, 3.63) is 17.0 Å². The lowest BCUT2D eigenvalue weighted by Crippen LogP contribution is -2.52. The highest BCUT2D eigenvalue weighted by molar-refractivity contribution is 5.94. The van der Waals surface area contributed by atoms with Gasteiger partial charge in [-0.3, -0.25) is 19.1 Å². The second-order valence-corrected chi connectivity index (χ2v) is 9.78. The summed E-state index contributed by atoms with van der Waals surface area (Å²) in [5.74, 6) is 0.155. The van der Waals surface area contributed by atoms with E-state index >= 15 is 0 Å². The Kier molecular flexibility index (Phi) is 6.29. The van der Waals surface area contributed by atoms with Gasteiger partial charge in [0, 0.05) is 69.8 Å². The summed E-state index contributed by atoms with van der Waals surface area (Å²) in [5, 5.41) is 7.39. The third-order valence-corrected chi connectivity index (χ3v) is 7.20. The van der Waals surface area contributed by atoms with Crippen molar-refractivity contribution in [2.24, 2.45) is 13.0 Å². The molecule has 1 aromatic heterocycles. The highest BCUT2D eigenvalue weighted by Gasteiger charge is 2.43. The van der Waals surface area contributed by atoms with E-state index in [1.165, 1.54) is 0 Å². The molecule has 2 fully saturated rings. The summed E-state index contributed by atoms with van der Waals surface area (Å²) in [6.07, 6.45) is 3.76. The van der Waals surface area contributed by atoms with Crippen LogP contribution in [0.25, 0.3) is 0 Å². The van der Waals surface area contributed by atoms with Crippen LogP contribution in [0.4, 0.5) is 0 Å². The summed E-state index contributed by atoms with van der Waals surface area (Å²) >= 11 is 0. The van der Waals surface area contributed by atoms with Gasteiger partial charge in [0.15, 0.2) is 5.69 Å². The summed E-state index contributed by atoms with van der Waals surface area (Å²) < 4.78 is 8.16. The summed E-state index contributed by atoms with van der Waals surface area (Å²) in [6.45, 7) is 8.52. The molecule has 3 aliphatic heterocycles. The molecule has 0 aliphatic carbocycles. The van der Waals surface area contributed by atoms with Crippen LogP contribution in [-0.4, -0.2) is 75.1 Å². The van der Waals surface area contributed by atoms with Crippen molar-refractivity contribution < 1.29 is 19.1 Å². The molecule has 0 saturated carbocycles. The molecule has 3 amide bonds. The number of amides is 3. The van der Waals surface area contributed by atoms with Gasteiger partial charge in [-0.2, -0.15) is 5.10 Å². The predicted molar refractivity (Wildman–Crippen MR) is 118 cm³/mol. The topological polar surface area (TPSA) is 96.8 Å². The number of hydrogen-bond donors (Lipinski definition) is 1. The molecule has 0 aromatic carbocycles. The number of nitrogens with zero attached hydrogens (tertiary/aromatic N) is 4. The average molecular weight is 446 g/mol. The second-order valence-electron chi connectivity index (χ2n) is 9.78. The number of piperidine rings is 2. The van der Waals surface area contributed by atoms with Crippen LogP contribution >= 0.6 is 0 Å². The molecule has 4 heterocycles. The van der Waals surface area contributed by atoms with Crippen molar-refractivity contribution in [3.63, 3.8) is 0 Å². The van der Waals surface area contributed by atoms with E-state index in [1.54, 1.807) is 6.92 Å². The van der Waals surface area contributed by atoms with E-state index in [1.807, 2.05) is 35.4 Å². The molecule has 0 bridgehead atoms. The van der Waals surface area contributed by atoms with E-state index in [0.29, 0.717) is 44.9 Å². The zero-order valence-electron chi connectivity index (χ0n) is 19.6. The quantitative estimate of drug-likeness (QED) is 0.755. The van der Waals surface area contributed by atoms with Crippen molar-refractivity contribution in [3.8, 4) is 0 Å². The first kappa shape index (κ1) is 22.8. The van der Waals surface area contributed by atoms with Crippen LogP contribution in [0.1, 0.15) is 68.2 Å². The van der Waals surface area contributed by atoms with E-state index in [2.05, 4.69) is 10.4 Å². The molecule has 1 spiro atoms. The molecule has 4 rings (SSSR count). The van der Waals surface area contributed by atoms with E-state index in [-0.39, 0.29) is 35.3 Å². The SMILES string of the molecule is CC(=O)N1CCC(C(=O)N2CCC3(CC2)Cc2c(c(C(=O)NC(C)C)nn2C)CO3)CC1. The van der Waals surface area contributed by atoms with Crippen LogP contribution in [0.2, 0.25) is 0 Å². The Morgan fingerprint density at radius 3 is 2.34 bits per heavy atom. The van der Waals surface area contributed by atoms with Crippen LogP contribution in [-0.2, 0) is 34.4 Å². The minimum Gasteiger partial charge on any atom is -0.370 e. The molecular formula is C23H35N5O4. The number of likely N-dealkylation sites (tertiary alicyclic amines) is 2. The molecule has 0 radical (unpaired) electrons. The van der Waals surface area contributed by atoms with Gasteiger partial charge in [0.25, 0.3) is 5.91 Å². The Hall–Kier alpha value is -2.42. The maximum Gasteiger partial charge on any atom is 0.272 e. The third-order valence-electron chi connectivity index (χ3n) is 7.20. The monoisotopic (exact) mass is 445 g/mol. The van der Waals surface area contributed by atoms with E-state index in [0.717, 1.165) is 36.9 Å². The number of aromatic nitrogens is 2. The summed E-state index contributed by atoms with van der Waals surface area (Å²) in [6, 6.07) is 0.0487. The van der Waals surface area contributed by atoms with Gasteiger partial charge >= 0.3 is 0 Å². The number of hydrogen-bond acceptors (Lipinski definition) is 5. The Morgan fingerprint density at radius 2 is 1.75 bits per heavy atom. The number of carbonyl (C=O) groups is 3. The fraction of sp³-hybridized carbons (Fsp3) is 0.739. The molecule has 2 saturated heterocycles. The van der Waals surface area contributed by atoms with Gasteiger partial charge in [-0.05, 0) is 39.5 Å². The first-order valence-corrected chi connectivity index (χ1v) is 11.7. The van der Waals surface area contributed by atoms with Crippen molar-refractivity contribution in [1.82, 2.24) is 24.9 Å². The number of ether oxygens (including phenoxy) is 1. The summed E-state index contributed by atoms with van der Waals surface area (Å²) in [5.41, 5.74) is 2.09. The zero-order chi connectivity index (χ0) is 23.0. The van der Waals surface area contributed by atoms with Crippen LogP contribution in [0.3, 0.4) is 0 Å². The van der Waals surface area contributed by atoms with Gasteiger partial charge in [0.2, 0.25) is 11.8 Å². The molecule has 32 heavy (non-hydrogen) atoms. The molecule has 176 valence electrons. The van der Waals surface area contributed by atoms with Gasteiger partial charge in [0.05, 0.1) is 12.2 Å². The lowest BCUT2D eigenvalue weighted by atomic mass is 9.83. The maximum absolute atomic E-state index is 13.0. The normalized spacial score (nSPS) is 21.0. The first-order valence-electron chi connectivity index (χ1n) is 11.7. The van der Waals surface area contributed by atoms with Gasteiger partial charge in [-0.1, -0.05) is 0 Å². The van der Waals surface area contributed by atoms with E-state index in [4.69, 9.17) is 4.74 Å². The largest absolute Gasteiger partial charge is 0.370 e. The molecule has 1 N–H and O–H groups in total. The van der Waals surface area contributed by atoms with Gasteiger partial charge < -0.3 is 19.9 Å². The summed E-state index contributed by atoms with van der Waals surface area (Å²) in [4.78, 5) is 40.9. The molecule has 1 aromatic rings. The number of aryl methyl sites for hydroxylation is 1. The standard InChI is InChI=1S/C23H35N5O4/c1-15(2)24-21(30)20-18-14-32-23(13-19(18)26(4)25-20)7-11-28(12-8-23)22(31)17-5-9-27(10-6-17)16(3)29/h15,17H,5-14H2,1-4H3,(H,24,30). The average Bonchev–Trinajstić information content (AvgIpc) is 3.09. The minimum atomic E-state index is -0.304. The van der Waals surface area contributed by atoms with Crippen molar-refractivity contribution in [2.75, 3.05) is 26.2 Å². The van der Waals surface area contributed by atoms with Gasteiger partial charge in [-0.15, -0.1) is 0 Å². The lowest BCUT2D eigenvalue weighted by molar-refractivity contribution is -0.148. The fourth-order valence-electron chi connectivity index (χ4n) is 5.23. The van der Waals surface area contributed by atoms with Crippen LogP contribution in [0, 0.1) is 5.92 Å². The van der Waals surface area contributed by atoms with E-state index in [9.17, 15) is 14.4 Å². The Labute approximate surface area is 189 Å². The number of fused-ring (bicyclic) bond motifs is 1. The zero-order valence-corrected chi connectivity index (χ0v) is 19.6. The maximum atomic E-state index is 13.0. The Balaban J connectivity index is 1.37. The van der Waals surface area contributed by atoms with Crippen molar-refractivity contribution in [1.29, 1.82) is 0 Å². The first-order chi connectivity index (χ1) is 15.2. The predicted octanol–water partition coefficient (Wildman–Crippen LogP) is 1.25. The number of rotatable bonds is 3. The Bertz CT molecular complexity index is 892. The molecule has 9 heteroatoms. The highest BCUT2D eigenvalue weighted by atomic mass is 16.5. The van der Waals surface area contributed by atoms with Crippen molar-refractivity contribution >= 4 is 17.7 Å². The van der Waals surface area contributed by atoms with Crippen LogP contribution in [0.5, 0.6) is 0 Å². The van der Waals surface area contributed by atoms with E-state index < -0.39 is 0 Å². The number of nitrogens with one attached hydrogen (secondary N) is 1. The van der Waals surface area contributed by atoms with Gasteiger partial charge in [0.1, 0.15) is 0 Å². The lowest BCUT2D eigenvalue weighted by Gasteiger charge is -2.45. The molecule has 0 unspecified atom stereocenters. The van der Waals surface area contributed by atoms with Crippen molar-refractivity contribution in [2.45, 2.75) is 71.1 Å². The highest BCUT2D eigenvalue weighted by Crippen LogP contribution is 2.37.